The van der Waals surface area contributed by atoms with Crippen molar-refractivity contribution in [3.8, 4) is 0 Å². The lowest BCUT2D eigenvalue weighted by Crippen LogP contribution is -2.50. The molecule has 0 atom stereocenters. The molecule has 0 aromatic heterocycles. The van der Waals surface area contributed by atoms with E-state index in [1.807, 2.05) is 0 Å². The SMILES string of the molecule is O=C(CN1CCN(Cc2ccccc2)CC1)NC1CCCCCCC1. The van der Waals surface area contributed by atoms with Gasteiger partial charge in [-0.3, -0.25) is 14.6 Å². The highest BCUT2D eigenvalue weighted by atomic mass is 16.2. The van der Waals surface area contributed by atoms with Crippen LogP contribution in [0.15, 0.2) is 30.3 Å². The van der Waals surface area contributed by atoms with Gasteiger partial charge in [0.25, 0.3) is 0 Å². The molecule has 0 bridgehead atoms. The number of hydrogen-bond donors (Lipinski definition) is 1. The van der Waals surface area contributed by atoms with Gasteiger partial charge in [0.15, 0.2) is 0 Å². The fourth-order valence-corrected chi connectivity index (χ4v) is 4.02. The summed E-state index contributed by atoms with van der Waals surface area (Å²) in [6, 6.07) is 11.1. The Balaban J connectivity index is 1.35. The fourth-order valence-electron chi connectivity index (χ4n) is 4.02. The lowest BCUT2D eigenvalue weighted by Gasteiger charge is -2.34. The molecule has 0 radical (unpaired) electrons. The summed E-state index contributed by atoms with van der Waals surface area (Å²) in [5, 5.41) is 3.29. The molecule has 1 saturated carbocycles. The van der Waals surface area contributed by atoms with Gasteiger partial charge in [0, 0.05) is 38.8 Å². The first kappa shape index (κ1) is 18.4. The average molecular weight is 344 g/mol. The summed E-state index contributed by atoms with van der Waals surface area (Å²) in [4.78, 5) is 17.2. The van der Waals surface area contributed by atoms with Gasteiger partial charge in [-0.1, -0.05) is 62.4 Å². The Hall–Kier alpha value is -1.39. The Morgan fingerprint density at radius 2 is 1.48 bits per heavy atom. The molecule has 0 spiro atoms. The molecule has 3 rings (SSSR count). The molecular weight excluding hydrogens is 310 g/mol. The second kappa shape index (κ2) is 9.93. The summed E-state index contributed by atoms with van der Waals surface area (Å²) in [6.45, 7) is 5.66. The molecular formula is C21H33N3O. The zero-order valence-corrected chi connectivity index (χ0v) is 15.5. The van der Waals surface area contributed by atoms with Crippen molar-refractivity contribution in [2.45, 2.75) is 57.5 Å². The minimum absolute atomic E-state index is 0.224. The lowest BCUT2D eigenvalue weighted by atomic mass is 9.97. The molecule has 1 aromatic rings. The van der Waals surface area contributed by atoms with Crippen molar-refractivity contribution in [3.63, 3.8) is 0 Å². The monoisotopic (exact) mass is 343 g/mol. The summed E-state index contributed by atoms with van der Waals surface area (Å²) < 4.78 is 0. The molecule has 1 aromatic carbocycles. The van der Waals surface area contributed by atoms with Gasteiger partial charge in [-0.05, 0) is 18.4 Å². The Labute approximate surface area is 152 Å². The topological polar surface area (TPSA) is 35.6 Å². The zero-order chi connectivity index (χ0) is 17.3. The van der Waals surface area contributed by atoms with Gasteiger partial charge in [0.1, 0.15) is 0 Å². The third-order valence-corrected chi connectivity index (χ3v) is 5.55. The van der Waals surface area contributed by atoms with Crippen LogP contribution in [0.2, 0.25) is 0 Å². The van der Waals surface area contributed by atoms with Gasteiger partial charge in [0.2, 0.25) is 5.91 Å². The molecule has 2 fully saturated rings. The largest absolute Gasteiger partial charge is 0.352 e. The van der Waals surface area contributed by atoms with E-state index in [0.29, 0.717) is 12.6 Å². The molecule has 1 saturated heterocycles. The third kappa shape index (κ3) is 6.44. The second-order valence-corrected chi connectivity index (χ2v) is 7.65. The number of rotatable bonds is 5. The maximum absolute atomic E-state index is 12.4. The molecule has 2 aliphatic rings. The van der Waals surface area contributed by atoms with Crippen LogP contribution in [-0.2, 0) is 11.3 Å². The second-order valence-electron chi connectivity index (χ2n) is 7.65. The number of benzene rings is 1. The van der Waals surface area contributed by atoms with Crippen molar-refractivity contribution in [1.82, 2.24) is 15.1 Å². The van der Waals surface area contributed by atoms with Crippen molar-refractivity contribution in [1.29, 1.82) is 0 Å². The summed E-state index contributed by atoms with van der Waals surface area (Å²) in [5.74, 6) is 0.224. The van der Waals surface area contributed by atoms with E-state index in [2.05, 4.69) is 45.4 Å². The van der Waals surface area contributed by atoms with Crippen molar-refractivity contribution in [2.75, 3.05) is 32.7 Å². The van der Waals surface area contributed by atoms with Gasteiger partial charge < -0.3 is 5.32 Å². The van der Waals surface area contributed by atoms with Crippen LogP contribution in [0.4, 0.5) is 0 Å². The van der Waals surface area contributed by atoms with Crippen LogP contribution >= 0.6 is 0 Å². The minimum atomic E-state index is 0.224. The number of amides is 1. The number of piperazine rings is 1. The Kier molecular flexibility index (Phi) is 7.31. The molecule has 0 unspecified atom stereocenters. The van der Waals surface area contributed by atoms with E-state index in [4.69, 9.17) is 0 Å². The minimum Gasteiger partial charge on any atom is -0.352 e. The molecule has 25 heavy (non-hydrogen) atoms. The van der Waals surface area contributed by atoms with Crippen LogP contribution in [0, 0.1) is 0 Å². The van der Waals surface area contributed by atoms with E-state index < -0.39 is 0 Å². The van der Waals surface area contributed by atoms with E-state index in [1.54, 1.807) is 0 Å². The van der Waals surface area contributed by atoms with Crippen LogP contribution in [0.3, 0.4) is 0 Å². The van der Waals surface area contributed by atoms with E-state index in [0.717, 1.165) is 45.6 Å². The van der Waals surface area contributed by atoms with Crippen molar-refractivity contribution < 1.29 is 4.79 Å². The molecule has 1 aliphatic heterocycles. The Bertz CT molecular complexity index is 503. The zero-order valence-electron chi connectivity index (χ0n) is 15.5. The Morgan fingerprint density at radius 3 is 2.16 bits per heavy atom. The summed E-state index contributed by atoms with van der Waals surface area (Å²) >= 11 is 0. The highest BCUT2D eigenvalue weighted by molar-refractivity contribution is 5.78. The molecule has 1 heterocycles. The Morgan fingerprint density at radius 1 is 0.880 bits per heavy atom. The maximum atomic E-state index is 12.4. The highest BCUT2D eigenvalue weighted by Crippen LogP contribution is 2.17. The van der Waals surface area contributed by atoms with Crippen LogP contribution in [0.5, 0.6) is 0 Å². The van der Waals surface area contributed by atoms with Gasteiger partial charge >= 0.3 is 0 Å². The van der Waals surface area contributed by atoms with E-state index in [-0.39, 0.29) is 5.91 Å². The van der Waals surface area contributed by atoms with Gasteiger partial charge in [0.05, 0.1) is 6.54 Å². The smallest absolute Gasteiger partial charge is 0.234 e. The first-order chi connectivity index (χ1) is 12.3. The molecule has 1 N–H and O–H groups in total. The van der Waals surface area contributed by atoms with Gasteiger partial charge in [-0.15, -0.1) is 0 Å². The van der Waals surface area contributed by atoms with Crippen molar-refractivity contribution in [3.05, 3.63) is 35.9 Å². The quantitative estimate of drug-likeness (QED) is 0.893. The van der Waals surface area contributed by atoms with E-state index in [9.17, 15) is 4.79 Å². The number of hydrogen-bond acceptors (Lipinski definition) is 3. The van der Waals surface area contributed by atoms with Crippen LogP contribution in [0.1, 0.15) is 50.5 Å². The number of carbonyl (C=O) groups excluding carboxylic acids is 1. The first-order valence-corrected chi connectivity index (χ1v) is 10.1. The van der Waals surface area contributed by atoms with Gasteiger partial charge in [-0.2, -0.15) is 0 Å². The number of carbonyl (C=O) groups is 1. The first-order valence-electron chi connectivity index (χ1n) is 10.1. The number of nitrogens with one attached hydrogen (secondary N) is 1. The third-order valence-electron chi connectivity index (χ3n) is 5.55. The highest BCUT2D eigenvalue weighted by Gasteiger charge is 2.20. The van der Waals surface area contributed by atoms with Crippen LogP contribution in [-0.4, -0.2) is 54.5 Å². The number of nitrogens with zero attached hydrogens (tertiary/aromatic N) is 2. The predicted molar refractivity (Wildman–Crippen MR) is 102 cm³/mol. The lowest BCUT2D eigenvalue weighted by molar-refractivity contribution is -0.123. The summed E-state index contributed by atoms with van der Waals surface area (Å²) in [5.41, 5.74) is 1.37. The normalized spacial score (nSPS) is 21.4. The van der Waals surface area contributed by atoms with E-state index in [1.165, 1.54) is 37.7 Å². The molecule has 1 aliphatic carbocycles. The van der Waals surface area contributed by atoms with Crippen molar-refractivity contribution in [2.24, 2.45) is 0 Å². The molecule has 4 heteroatoms. The summed E-state index contributed by atoms with van der Waals surface area (Å²) in [6.07, 6.45) is 8.89. The van der Waals surface area contributed by atoms with E-state index >= 15 is 0 Å². The molecule has 138 valence electrons. The van der Waals surface area contributed by atoms with Crippen molar-refractivity contribution >= 4 is 5.91 Å². The maximum Gasteiger partial charge on any atom is 0.234 e. The summed E-state index contributed by atoms with van der Waals surface area (Å²) in [7, 11) is 0. The predicted octanol–water partition coefficient (Wildman–Crippen LogP) is 3.03. The van der Waals surface area contributed by atoms with Crippen LogP contribution < -0.4 is 5.32 Å². The average Bonchev–Trinajstić information content (AvgIpc) is 2.60. The van der Waals surface area contributed by atoms with Crippen LogP contribution in [0.25, 0.3) is 0 Å². The van der Waals surface area contributed by atoms with Gasteiger partial charge in [-0.25, -0.2) is 0 Å². The molecule has 1 amide bonds. The standard InChI is InChI=1S/C21H33N3O/c25-21(22-20-11-7-2-1-3-8-12-20)18-24-15-13-23(14-16-24)17-19-9-5-4-6-10-19/h4-6,9-10,20H,1-3,7-8,11-18H2,(H,22,25). The fraction of sp³-hybridized carbons (Fsp3) is 0.667. The molecule has 4 nitrogen and oxygen atoms in total.